The molecule has 6 nitrogen and oxygen atoms in total. The maximum absolute atomic E-state index is 12.0. The molecule has 0 aliphatic heterocycles. The molecule has 2 aromatic rings. The fraction of sp³-hybridized carbons (Fsp3) is 0.353. The zero-order valence-electron chi connectivity index (χ0n) is 13.7. The Bertz CT molecular complexity index is 661. The summed E-state index contributed by atoms with van der Waals surface area (Å²) in [6.07, 6.45) is 2.65. The lowest BCUT2D eigenvalue weighted by molar-refractivity contribution is 0.0527. The molecular formula is C17H22N4O2. The van der Waals surface area contributed by atoms with Crippen LogP contribution in [-0.2, 0) is 4.74 Å². The first-order valence-corrected chi connectivity index (χ1v) is 7.76. The van der Waals surface area contributed by atoms with Crippen molar-refractivity contribution in [2.75, 3.05) is 17.2 Å². The van der Waals surface area contributed by atoms with Gasteiger partial charge in [0, 0.05) is 12.2 Å². The summed E-state index contributed by atoms with van der Waals surface area (Å²) in [6, 6.07) is 9.23. The van der Waals surface area contributed by atoms with E-state index in [4.69, 9.17) is 4.74 Å². The molecule has 1 atom stereocenters. The number of hydrogen-bond acceptors (Lipinski definition) is 6. The number of hydrogen-bond donors (Lipinski definition) is 2. The van der Waals surface area contributed by atoms with Gasteiger partial charge in [-0.1, -0.05) is 19.1 Å². The molecular weight excluding hydrogens is 292 g/mol. The Labute approximate surface area is 136 Å². The second-order valence-corrected chi connectivity index (χ2v) is 5.11. The fourth-order valence-electron chi connectivity index (χ4n) is 1.94. The summed E-state index contributed by atoms with van der Waals surface area (Å²) >= 11 is 0. The van der Waals surface area contributed by atoms with Gasteiger partial charge in [-0.05, 0) is 38.5 Å². The van der Waals surface area contributed by atoms with Crippen molar-refractivity contribution in [1.82, 2.24) is 9.97 Å². The molecule has 2 N–H and O–H groups in total. The zero-order valence-corrected chi connectivity index (χ0v) is 13.7. The number of benzene rings is 1. The summed E-state index contributed by atoms with van der Waals surface area (Å²) in [5.74, 6) is 0.808. The van der Waals surface area contributed by atoms with Crippen LogP contribution in [0.1, 0.15) is 37.6 Å². The molecule has 0 fully saturated rings. The Morgan fingerprint density at radius 3 is 2.78 bits per heavy atom. The molecule has 0 amide bonds. The average molecular weight is 314 g/mol. The number of carbonyl (C=O) groups is 1. The fourth-order valence-corrected chi connectivity index (χ4v) is 1.94. The second-order valence-electron chi connectivity index (χ2n) is 5.11. The Kier molecular flexibility index (Phi) is 5.91. The van der Waals surface area contributed by atoms with E-state index in [2.05, 4.69) is 34.4 Å². The molecule has 1 unspecified atom stereocenters. The molecule has 6 heteroatoms. The van der Waals surface area contributed by atoms with Gasteiger partial charge < -0.3 is 15.4 Å². The van der Waals surface area contributed by atoms with Gasteiger partial charge in [-0.25, -0.2) is 9.78 Å². The van der Waals surface area contributed by atoms with E-state index in [1.807, 2.05) is 12.1 Å². The molecule has 1 aromatic heterocycles. The third-order valence-corrected chi connectivity index (χ3v) is 3.33. The van der Waals surface area contributed by atoms with Crippen molar-refractivity contribution < 1.29 is 9.53 Å². The highest BCUT2D eigenvalue weighted by molar-refractivity contribution is 5.96. The van der Waals surface area contributed by atoms with Gasteiger partial charge in [-0.15, -0.1) is 0 Å². The lowest BCUT2D eigenvalue weighted by Crippen LogP contribution is -2.16. The zero-order chi connectivity index (χ0) is 16.7. The van der Waals surface area contributed by atoms with Crippen LogP contribution in [0.3, 0.4) is 0 Å². The van der Waals surface area contributed by atoms with Crippen LogP contribution in [0, 0.1) is 0 Å². The number of para-hydroxylation sites is 1. The number of aromatic nitrogens is 2. The molecule has 0 radical (unpaired) electrons. The first kappa shape index (κ1) is 16.7. The van der Waals surface area contributed by atoms with Crippen molar-refractivity contribution in [1.29, 1.82) is 0 Å². The number of nitrogens with one attached hydrogen (secondary N) is 2. The van der Waals surface area contributed by atoms with Crippen LogP contribution < -0.4 is 10.6 Å². The summed E-state index contributed by atoms with van der Waals surface area (Å²) in [6.45, 7) is 6.28. The lowest BCUT2D eigenvalue weighted by Gasteiger charge is -2.13. The molecule has 0 saturated heterocycles. The van der Waals surface area contributed by atoms with Gasteiger partial charge in [0.05, 0.1) is 17.9 Å². The van der Waals surface area contributed by atoms with Gasteiger partial charge in [0.25, 0.3) is 0 Å². The molecule has 0 aliphatic rings. The van der Waals surface area contributed by atoms with Crippen molar-refractivity contribution >= 4 is 23.4 Å². The van der Waals surface area contributed by atoms with Gasteiger partial charge >= 0.3 is 5.97 Å². The average Bonchev–Trinajstić information content (AvgIpc) is 2.56. The topological polar surface area (TPSA) is 76.1 Å². The normalized spacial score (nSPS) is 11.6. The van der Waals surface area contributed by atoms with Gasteiger partial charge in [-0.2, -0.15) is 4.98 Å². The number of carbonyl (C=O) groups excluding carboxylic acids is 1. The van der Waals surface area contributed by atoms with E-state index in [-0.39, 0.29) is 12.0 Å². The van der Waals surface area contributed by atoms with Crippen molar-refractivity contribution in [2.45, 2.75) is 33.2 Å². The van der Waals surface area contributed by atoms with Gasteiger partial charge in [0.15, 0.2) is 0 Å². The van der Waals surface area contributed by atoms with Crippen LogP contribution in [0.25, 0.3) is 0 Å². The number of anilines is 3. The number of rotatable bonds is 7. The van der Waals surface area contributed by atoms with Crippen LogP contribution in [-0.4, -0.2) is 28.6 Å². The monoisotopic (exact) mass is 314 g/mol. The summed E-state index contributed by atoms with van der Waals surface area (Å²) in [5, 5.41) is 6.37. The van der Waals surface area contributed by atoms with E-state index in [0.29, 0.717) is 29.6 Å². The predicted octanol–water partition coefficient (Wildman–Crippen LogP) is 3.61. The number of nitrogens with zero attached hydrogens (tertiary/aromatic N) is 2. The number of esters is 1. The molecule has 0 saturated carbocycles. The summed E-state index contributed by atoms with van der Waals surface area (Å²) in [4.78, 5) is 20.6. The summed E-state index contributed by atoms with van der Waals surface area (Å²) in [7, 11) is 0. The predicted molar refractivity (Wildman–Crippen MR) is 91.1 cm³/mol. The second kappa shape index (κ2) is 8.12. The Morgan fingerprint density at radius 1 is 1.26 bits per heavy atom. The Morgan fingerprint density at radius 2 is 2.04 bits per heavy atom. The summed E-state index contributed by atoms with van der Waals surface area (Å²) in [5.41, 5.74) is 1.13. The number of ether oxygens (including phenoxy) is 1. The third-order valence-electron chi connectivity index (χ3n) is 3.33. The molecule has 2 rings (SSSR count). The Balaban J connectivity index is 2.19. The van der Waals surface area contributed by atoms with Crippen LogP contribution in [0.5, 0.6) is 0 Å². The molecule has 23 heavy (non-hydrogen) atoms. The quantitative estimate of drug-likeness (QED) is 0.760. The minimum atomic E-state index is -0.359. The Hall–Kier alpha value is -2.63. The SMILES string of the molecule is CCOC(=O)c1ccccc1Nc1ccnc(NC(C)CC)n1. The van der Waals surface area contributed by atoms with Gasteiger partial charge in [0.2, 0.25) is 5.95 Å². The maximum Gasteiger partial charge on any atom is 0.340 e. The summed E-state index contributed by atoms with van der Waals surface area (Å²) < 4.78 is 5.07. The minimum Gasteiger partial charge on any atom is -0.462 e. The van der Waals surface area contributed by atoms with Gasteiger partial charge in [-0.3, -0.25) is 0 Å². The van der Waals surface area contributed by atoms with E-state index in [0.717, 1.165) is 6.42 Å². The van der Waals surface area contributed by atoms with E-state index < -0.39 is 0 Å². The van der Waals surface area contributed by atoms with Crippen molar-refractivity contribution in [3.05, 3.63) is 42.1 Å². The van der Waals surface area contributed by atoms with Crippen molar-refractivity contribution in [3.8, 4) is 0 Å². The lowest BCUT2D eigenvalue weighted by atomic mass is 10.2. The highest BCUT2D eigenvalue weighted by Gasteiger charge is 2.12. The molecule has 0 bridgehead atoms. The minimum absolute atomic E-state index is 0.289. The molecule has 0 spiro atoms. The van der Waals surface area contributed by atoms with E-state index in [1.54, 1.807) is 31.3 Å². The van der Waals surface area contributed by atoms with Crippen LogP contribution in [0.2, 0.25) is 0 Å². The molecule has 0 aliphatic carbocycles. The standard InChI is InChI=1S/C17H22N4O2/c1-4-12(3)19-17-18-11-10-15(21-17)20-14-9-7-6-8-13(14)16(22)23-5-2/h6-12H,4-5H2,1-3H3,(H2,18,19,20,21). The molecule has 122 valence electrons. The van der Waals surface area contributed by atoms with E-state index in [1.165, 1.54) is 0 Å². The third kappa shape index (κ3) is 4.67. The largest absolute Gasteiger partial charge is 0.462 e. The highest BCUT2D eigenvalue weighted by atomic mass is 16.5. The van der Waals surface area contributed by atoms with Crippen LogP contribution in [0.4, 0.5) is 17.5 Å². The van der Waals surface area contributed by atoms with Crippen LogP contribution >= 0.6 is 0 Å². The van der Waals surface area contributed by atoms with Crippen LogP contribution in [0.15, 0.2) is 36.5 Å². The van der Waals surface area contributed by atoms with E-state index >= 15 is 0 Å². The van der Waals surface area contributed by atoms with E-state index in [9.17, 15) is 4.79 Å². The van der Waals surface area contributed by atoms with Crippen molar-refractivity contribution in [3.63, 3.8) is 0 Å². The molecule has 1 heterocycles. The first-order chi connectivity index (χ1) is 11.1. The molecule has 1 aromatic carbocycles. The maximum atomic E-state index is 12.0. The smallest absolute Gasteiger partial charge is 0.340 e. The first-order valence-electron chi connectivity index (χ1n) is 7.76. The highest BCUT2D eigenvalue weighted by Crippen LogP contribution is 2.21. The van der Waals surface area contributed by atoms with Gasteiger partial charge in [0.1, 0.15) is 5.82 Å². The van der Waals surface area contributed by atoms with Crippen molar-refractivity contribution in [2.24, 2.45) is 0 Å².